The number of halogens is 2. The molecule has 0 saturated heterocycles. The predicted octanol–water partition coefficient (Wildman–Crippen LogP) is 4.13. The highest BCUT2D eigenvalue weighted by Crippen LogP contribution is 2.28. The number of carbonyl (C=O) groups excluding carboxylic acids is 1. The molecule has 138 valence electrons. The van der Waals surface area contributed by atoms with E-state index in [1.807, 2.05) is 35.0 Å². The van der Waals surface area contributed by atoms with Crippen LogP contribution in [0.3, 0.4) is 0 Å². The summed E-state index contributed by atoms with van der Waals surface area (Å²) in [6.07, 6.45) is 2.67. The van der Waals surface area contributed by atoms with Crippen molar-refractivity contribution in [3.63, 3.8) is 0 Å². The Morgan fingerprint density at radius 1 is 1.11 bits per heavy atom. The molecule has 27 heavy (non-hydrogen) atoms. The van der Waals surface area contributed by atoms with Gasteiger partial charge in [0.15, 0.2) is 17.3 Å². The molecular formula is C21H19F2N3O. The van der Waals surface area contributed by atoms with Crippen LogP contribution in [0, 0.1) is 11.6 Å². The number of fused-ring (bicyclic) bond motifs is 1. The van der Waals surface area contributed by atoms with Crippen LogP contribution in [-0.2, 0) is 12.8 Å². The van der Waals surface area contributed by atoms with Crippen LogP contribution in [-0.4, -0.2) is 15.7 Å². The number of benzene rings is 2. The highest BCUT2D eigenvalue weighted by molar-refractivity contribution is 5.94. The Morgan fingerprint density at radius 2 is 1.89 bits per heavy atom. The fourth-order valence-electron chi connectivity index (χ4n) is 3.53. The number of amides is 1. The second-order valence-electron chi connectivity index (χ2n) is 6.74. The van der Waals surface area contributed by atoms with Gasteiger partial charge in [-0.3, -0.25) is 4.79 Å². The molecule has 1 unspecified atom stereocenters. The Labute approximate surface area is 155 Å². The molecule has 1 atom stereocenters. The van der Waals surface area contributed by atoms with Gasteiger partial charge in [0.05, 0.1) is 11.7 Å². The van der Waals surface area contributed by atoms with Crippen LogP contribution >= 0.6 is 0 Å². The van der Waals surface area contributed by atoms with Crippen LogP contribution in [0.25, 0.3) is 5.69 Å². The Bertz CT molecular complexity index is 998. The van der Waals surface area contributed by atoms with Gasteiger partial charge in [-0.05, 0) is 56.0 Å². The molecule has 0 saturated carbocycles. The molecule has 1 aliphatic carbocycles. The first kappa shape index (κ1) is 17.4. The number of hydrogen-bond donors (Lipinski definition) is 1. The highest BCUT2D eigenvalue weighted by atomic mass is 19.2. The third-order valence-corrected chi connectivity index (χ3v) is 4.94. The number of carbonyl (C=O) groups is 1. The van der Waals surface area contributed by atoms with Crippen molar-refractivity contribution in [2.75, 3.05) is 0 Å². The third-order valence-electron chi connectivity index (χ3n) is 4.94. The molecule has 1 heterocycles. The lowest BCUT2D eigenvalue weighted by Gasteiger charge is -2.14. The van der Waals surface area contributed by atoms with E-state index in [4.69, 9.17) is 0 Å². The van der Waals surface area contributed by atoms with Crippen LogP contribution in [0.2, 0.25) is 0 Å². The molecule has 0 aliphatic heterocycles. The fraction of sp³-hybridized carbons (Fsp3) is 0.238. The van der Waals surface area contributed by atoms with Crippen molar-refractivity contribution in [2.24, 2.45) is 0 Å². The molecule has 0 bridgehead atoms. The van der Waals surface area contributed by atoms with E-state index in [1.165, 1.54) is 6.07 Å². The summed E-state index contributed by atoms with van der Waals surface area (Å²) in [4.78, 5) is 12.8. The maximum atomic E-state index is 13.5. The summed E-state index contributed by atoms with van der Waals surface area (Å²) in [5.74, 6) is -2.14. The van der Waals surface area contributed by atoms with Crippen molar-refractivity contribution in [1.29, 1.82) is 0 Å². The van der Waals surface area contributed by atoms with Crippen molar-refractivity contribution >= 4 is 5.91 Å². The van der Waals surface area contributed by atoms with Gasteiger partial charge in [0.2, 0.25) is 0 Å². The summed E-state index contributed by atoms with van der Waals surface area (Å²) in [6.45, 7) is 1.74. The Hall–Kier alpha value is -3.02. The molecule has 6 heteroatoms. The second-order valence-corrected chi connectivity index (χ2v) is 6.74. The summed E-state index contributed by atoms with van der Waals surface area (Å²) < 4.78 is 28.4. The van der Waals surface area contributed by atoms with Gasteiger partial charge in [0.25, 0.3) is 5.91 Å². The first-order chi connectivity index (χ1) is 13.0. The largest absolute Gasteiger partial charge is 0.344 e. The minimum Gasteiger partial charge on any atom is -0.344 e. The van der Waals surface area contributed by atoms with E-state index in [2.05, 4.69) is 10.4 Å². The second kappa shape index (κ2) is 6.95. The first-order valence-corrected chi connectivity index (χ1v) is 8.96. The molecule has 0 radical (unpaired) electrons. The zero-order valence-electron chi connectivity index (χ0n) is 14.9. The van der Waals surface area contributed by atoms with E-state index in [0.29, 0.717) is 11.3 Å². The molecule has 1 N–H and O–H groups in total. The summed E-state index contributed by atoms with van der Waals surface area (Å²) in [7, 11) is 0. The zero-order valence-corrected chi connectivity index (χ0v) is 14.9. The molecular weight excluding hydrogens is 348 g/mol. The summed E-state index contributed by atoms with van der Waals surface area (Å²) in [5.41, 5.74) is 3.85. The normalized spacial score (nSPS) is 14.0. The topological polar surface area (TPSA) is 46.9 Å². The molecule has 0 fully saturated rings. The van der Waals surface area contributed by atoms with Crippen molar-refractivity contribution in [3.8, 4) is 5.69 Å². The van der Waals surface area contributed by atoms with Gasteiger partial charge < -0.3 is 5.32 Å². The first-order valence-electron chi connectivity index (χ1n) is 8.96. The monoisotopic (exact) mass is 367 g/mol. The van der Waals surface area contributed by atoms with E-state index in [1.54, 1.807) is 6.92 Å². The summed E-state index contributed by atoms with van der Waals surface area (Å²) >= 11 is 0. The number of rotatable bonds is 4. The Morgan fingerprint density at radius 3 is 2.63 bits per heavy atom. The molecule has 3 aromatic rings. The number of para-hydroxylation sites is 1. The standard InChI is InChI=1S/C21H19F2N3O/c1-13(14-10-11-17(22)18(23)12-14)24-21(27)20-16-8-5-9-19(16)26(25-20)15-6-3-2-4-7-15/h2-4,6-7,10-13H,5,8-9H2,1H3,(H,24,27). The van der Waals surface area contributed by atoms with Gasteiger partial charge in [0.1, 0.15) is 0 Å². The number of nitrogens with zero attached hydrogens (tertiary/aromatic N) is 2. The third kappa shape index (κ3) is 3.23. The predicted molar refractivity (Wildman–Crippen MR) is 97.8 cm³/mol. The average Bonchev–Trinajstić information content (AvgIpc) is 3.27. The summed E-state index contributed by atoms with van der Waals surface area (Å²) in [5, 5.41) is 7.40. The van der Waals surface area contributed by atoms with Gasteiger partial charge >= 0.3 is 0 Å². The van der Waals surface area contributed by atoms with E-state index >= 15 is 0 Å². The molecule has 1 amide bonds. The number of hydrogen-bond acceptors (Lipinski definition) is 2. The van der Waals surface area contributed by atoms with Crippen LogP contribution in [0.1, 0.15) is 46.7 Å². The van der Waals surface area contributed by atoms with E-state index < -0.39 is 17.7 Å². The Balaban J connectivity index is 1.62. The lowest BCUT2D eigenvalue weighted by Crippen LogP contribution is -2.28. The van der Waals surface area contributed by atoms with E-state index in [0.717, 1.165) is 48.3 Å². The van der Waals surface area contributed by atoms with Gasteiger partial charge in [-0.25, -0.2) is 13.5 Å². The van der Waals surface area contributed by atoms with Crippen molar-refractivity contribution < 1.29 is 13.6 Å². The summed E-state index contributed by atoms with van der Waals surface area (Å²) in [6, 6.07) is 12.9. The van der Waals surface area contributed by atoms with Gasteiger partial charge in [-0.2, -0.15) is 5.10 Å². The highest BCUT2D eigenvalue weighted by Gasteiger charge is 2.27. The molecule has 2 aromatic carbocycles. The molecule has 0 spiro atoms. The van der Waals surface area contributed by atoms with E-state index in [-0.39, 0.29) is 5.91 Å². The molecule has 4 nitrogen and oxygen atoms in total. The van der Waals surface area contributed by atoms with E-state index in [9.17, 15) is 13.6 Å². The smallest absolute Gasteiger partial charge is 0.272 e. The minimum absolute atomic E-state index is 0.305. The van der Waals surface area contributed by atoms with Gasteiger partial charge in [-0.15, -0.1) is 0 Å². The van der Waals surface area contributed by atoms with Crippen molar-refractivity contribution in [1.82, 2.24) is 15.1 Å². The lowest BCUT2D eigenvalue weighted by molar-refractivity contribution is 0.0933. The van der Waals surface area contributed by atoms with Crippen LogP contribution < -0.4 is 5.32 Å². The maximum Gasteiger partial charge on any atom is 0.272 e. The van der Waals surface area contributed by atoms with Crippen LogP contribution in [0.5, 0.6) is 0 Å². The van der Waals surface area contributed by atoms with Gasteiger partial charge in [0, 0.05) is 11.3 Å². The molecule has 1 aromatic heterocycles. The van der Waals surface area contributed by atoms with Crippen molar-refractivity contribution in [2.45, 2.75) is 32.2 Å². The van der Waals surface area contributed by atoms with Crippen molar-refractivity contribution in [3.05, 3.63) is 82.7 Å². The Kier molecular flexibility index (Phi) is 4.48. The zero-order chi connectivity index (χ0) is 19.0. The molecule has 1 aliphatic rings. The quantitative estimate of drug-likeness (QED) is 0.754. The lowest BCUT2D eigenvalue weighted by atomic mass is 10.1. The van der Waals surface area contributed by atoms with Crippen LogP contribution in [0.4, 0.5) is 8.78 Å². The number of nitrogens with one attached hydrogen (secondary N) is 1. The van der Waals surface area contributed by atoms with Gasteiger partial charge in [-0.1, -0.05) is 24.3 Å². The number of aromatic nitrogens is 2. The van der Waals surface area contributed by atoms with Crippen LogP contribution in [0.15, 0.2) is 48.5 Å². The minimum atomic E-state index is -0.928. The fourth-order valence-corrected chi connectivity index (χ4v) is 3.53. The molecule has 4 rings (SSSR count). The maximum absolute atomic E-state index is 13.5. The average molecular weight is 367 g/mol. The SMILES string of the molecule is CC(NC(=O)c1nn(-c2ccccc2)c2c1CCC2)c1ccc(F)c(F)c1.